The van der Waals surface area contributed by atoms with Gasteiger partial charge in [-0.3, -0.25) is 4.79 Å². The molecule has 17 heavy (non-hydrogen) atoms. The number of nitrogens with one attached hydrogen (secondary N) is 1. The Morgan fingerprint density at radius 1 is 1.41 bits per heavy atom. The monoisotopic (exact) mass is 311 g/mol. The van der Waals surface area contributed by atoms with Crippen molar-refractivity contribution in [1.29, 1.82) is 0 Å². The lowest BCUT2D eigenvalue weighted by atomic mass is 10.2. The van der Waals surface area contributed by atoms with Gasteiger partial charge in [0, 0.05) is 28.2 Å². The fourth-order valence-corrected chi connectivity index (χ4v) is 2.77. The molecule has 0 radical (unpaired) electrons. The molecular formula is C11H10BrN3OS. The number of hydrogen-bond acceptors (Lipinski definition) is 4. The van der Waals surface area contributed by atoms with E-state index in [4.69, 9.17) is 5.73 Å². The molecule has 6 heteroatoms. The van der Waals surface area contributed by atoms with Crippen molar-refractivity contribution in [2.24, 2.45) is 5.73 Å². The minimum atomic E-state index is -0.153. The summed E-state index contributed by atoms with van der Waals surface area (Å²) >= 11 is 4.85. The SMILES string of the molecule is NCc1ccc(Sc2nccc(=O)[nH]2)cc1Br. The van der Waals surface area contributed by atoms with Crippen LogP contribution in [0, 0.1) is 0 Å². The van der Waals surface area contributed by atoms with Gasteiger partial charge in [-0.2, -0.15) is 0 Å². The molecule has 0 saturated heterocycles. The molecule has 0 atom stereocenters. The topological polar surface area (TPSA) is 71.8 Å². The first kappa shape index (κ1) is 12.3. The average molecular weight is 312 g/mol. The van der Waals surface area contributed by atoms with Gasteiger partial charge in [-0.05, 0) is 17.7 Å². The number of aromatic nitrogens is 2. The standard InChI is InChI=1S/C11H10BrN3OS/c12-9-5-8(2-1-7(9)6-13)17-11-14-4-3-10(16)15-11/h1-5H,6,13H2,(H,14,15,16). The third-order valence-electron chi connectivity index (χ3n) is 2.11. The molecular weight excluding hydrogens is 302 g/mol. The highest BCUT2D eigenvalue weighted by molar-refractivity contribution is 9.10. The molecule has 1 heterocycles. The third-order valence-corrected chi connectivity index (χ3v) is 3.74. The first-order chi connectivity index (χ1) is 8.19. The van der Waals surface area contributed by atoms with Gasteiger partial charge >= 0.3 is 0 Å². The minimum absolute atomic E-state index is 0.153. The first-order valence-electron chi connectivity index (χ1n) is 4.91. The molecule has 0 fully saturated rings. The van der Waals surface area contributed by atoms with Crippen molar-refractivity contribution in [3.8, 4) is 0 Å². The highest BCUT2D eigenvalue weighted by Gasteiger charge is 2.03. The van der Waals surface area contributed by atoms with Crippen LogP contribution in [0.2, 0.25) is 0 Å². The van der Waals surface area contributed by atoms with Gasteiger partial charge < -0.3 is 10.7 Å². The second kappa shape index (κ2) is 5.48. The molecule has 2 aromatic rings. The number of nitrogens with two attached hydrogens (primary N) is 1. The second-order valence-corrected chi connectivity index (χ2v) is 5.22. The zero-order chi connectivity index (χ0) is 12.3. The van der Waals surface area contributed by atoms with Crippen molar-refractivity contribution < 1.29 is 0 Å². The minimum Gasteiger partial charge on any atom is -0.326 e. The average Bonchev–Trinajstić information content (AvgIpc) is 2.29. The van der Waals surface area contributed by atoms with Crippen LogP contribution < -0.4 is 11.3 Å². The summed E-state index contributed by atoms with van der Waals surface area (Å²) in [4.78, 5) is 18.8. The van der Waals surface area contributed by atoms with E-state index in [0.29, 0.717) is 11.7 Å². The Bertz CT molecular complexity index is 585. The van der Waals surface area contributed by atoms with Crippen molar-refractivity contribution in [2.45, 2.75) is 16.6 Å². The molecule has 0 unspecified atom stereocenters. The summed E-state index contributed by atoms with van der Waals surface area (Å²) in [6.07, 6.45) is 1.49. The number of aromatic amines is 1. The van der Waals surface area contributed by atoms with E-state index >= 15 is 0 Å². The highest BCUT2D eigenvalue weighted by Crippen LogP contribution is 2.28. The van der Waals surface area contributed by atoms with E-state index in [2.05, 4.69) is 25.9 Å². The Labute approximate surface area is 111 Å². The molecule has 0 saturated carbocycles. The summed E-state index contributed by atoms with van der Waals surface area (Å²) in [5, 5.41) is 0.574. The van der Waals surface area contributed by atoms with Gasteiger partial charge in [0.15, 0.2) is 5.16 Å². The molecule has 4 nitrogen and oxygen atoms in total. The smallest absolute Gasteiger partial charge is 0.251 e. The highest BCUT2D eigenvalue weighted by atomic mass is 79.9. The number of hydrogen-bond donors (Lipinski definition) is 2. The van der Waals surface area contributed by atoms with Gasteiger partial charge in [0.05, 0.1) is 0 Å². The van der Waals surface area contributed by atoms with Gasteiger partial charge in [-0.15, -0.1) is 0 Å². The summed E-state index contributed by atoms with van der Waals surface area (Å²) < 4.78 is 0.961. The van der Waals surface area contributed by atoms with Crippen molar-refractivity contribution in [3.63, 3.8) is 0 Å². The Kier molecular flexibility index (Phi) is 3.98. The number of nitrogens with zero attached hydrogens (tertiary/aromatic N) is 1. The van der Waals surface area contributed by atoms with Crippen LogP contribution in [-0.2, 0) is 6.54 Å². The fraction of sp³-hybridized carbons (Fsp3) is 0.0909. The van der Waals surface area contributed by atoms with Gasteiger partial charge in [-0.1, -0.05) is 33.8 Å². The van der Waals surface area contributed by atoms with Crippen LogP contribution in [0.5, 0.6) is 0 Å². The van der Waals surface area contributed by atoms with Gasteiger partial charge in [0.25, 0.3) is 5.56 Å². The molecule has 1 aromatic heterocycles. The quantitative estimate of drug-likeness (QED) is 0.852. The summed E-state index contributed by atoms with van der Waals surface area (Å²) in [5.41, 5.74) is 6.47. The predicted octanol–water partition coefficient (Wildman–Crippen LogP) is 2.14. The van der Waals surface area contributed by atoms with Crippen molar-refractivity contribution in [3.05, 3.63) is 50.9 Å². The molecule has 0 aliphatic rings. The molecule has 0 bridgehead atoms. The van der Waals surface area contributed by atoms with E-state index in [9.17, 15) is 4.79 Å². The summed E-state index contributed by atoms with van der Waals surface area (Å²) in [6.45, 7) is 0.492. The van der Waals surface area contributed by atoms with E-state index in [-0.39, 0.29) is 5.56 Å². The van der Waals surface area contributed by atoms with Crippen LogP contribution >= 0.6 is 27.7 Å². The van der Waals surface area contributed by atoms with Crippen LogP contribution in [0.15, 0.2) is 49.8 Å². The van der Waals surface area contributed by atoms with Crippen LogP contribution in [-0.4, -0.2) is 9.97 Å². The third kappa shape index (κ3) is 3.18. The van der Waals surface area contributed by atoms with E-state index in [1.165, 1.54) is 24.0 Å². The molecule has 2 rings (SSSR count). The Balaban J connectivity index is 2.25. The predicted molar refractivity (Wildman–Crippen MR) is 71.0 cm³/mol. The molecule has 1 aromatic carbocycles. The van der Waals surface area contributed by atoms with Crippen LogP contribution in [0.1, 0.15) is 5.56 Å². The lowest BCUT2D eigenvalue weighted by Crippen LogP contribution is -2.05. The number of halogens is 1. The van der Waals surface area contributed by atoms with E-state index in [1.54, 1.807) is 0 Å². The fourth-order valence-electron chi connectivity index (χ4n) is 1.27. The van der Waals surface area contributed by atoms with E-state index < -0.39 is 0 Å². The van der Waals surface area contributed by atoms with Gasteiger partial charge in [-0.25, -0.2) is 4.98 Å². The summed E-state index contributed by atoms with van der Waals surface area (Å²) in [5.74, 6) is 0. The Hall–Kier alpha value is -1.11. The van der Waals surface area contributed by atoms with Crippen molar-refractivity contribution >= 4 is 27.7 Å². The molecule has 0 aliphatic heterocycles. The maximum absolute atomic E-state index is 11.1. The molecule has 0 spiro atoms. The van der Waals surface area contributed by atoms with E-state index in [1.807, 2.05) is 18.2 Å². The number of benzene rings is 1. The molecule has 0 amide bonds. The lowest BCUT2D eigenvalue weighted by molar-refractivity contribution is 0.936. The first-order valence-corrected chi connectivity index (χ1v) is 6.51. The van der Waals surface area contributed by atoms with Crippen LogP contribution in [0.3, 0.4) is 0 Å². The molecule has 0 aliphatic carbocycles. The maximum atomic E-state index is 11.1. The van der Waals surface area contributed by atoms with Crippen LogP contribution in [0.4, 0.5) is 0 Å². The molecule has 88 valence electrons. The van der Waals surface area contributed by atoms with Gasteiger partial charge in [0.1, 0.15) is 0 Å². The normalized spacial score (nSPS) is 10.5. The number of H-pyrrole nitrogens is 1. The lowest BCUT2D eigenvalue weighted by Gasteiger charge is -2.04. The van der Waals surface area contributed by atoms with Crippen molar-refractivity contribution in [2.75, 3.05) is 0 Å². The van der Waals surface area contributed by atoms with E-state index in [0.717, 1.165) is 14.9 Å². The Morgan fingerprint density at radius 3 is 2.88 bits per heavy atom. The zero-order valence-electron chi connectivity index (χ0n) is 8.81. The van der Waals surface area contributed by atoms with Gasteiger partial charge in [0.2, 0.25) is 0 Å². The Morgan fingerprint density at radius 2 is 2.24 bits per heavy atom. The maximum Gasteiger partial charge on any atom is 0.251 e. The number of rotatable bonds is 3. The van der Waals surface area contributed by atoms with Crippen molar-refractivity contribution in [1.82, 2.24) is 9.97 Å². The van der Waals surface area contributed by atoms with Crippen LogP contribution in [0.25, 0.3) is 0 Å². The zero-order valence-corrected chi connectivity index (χ0v) is 11.2. The summed E-state index contributed by atoms with van der Waals surface area (Å²) in [7, 11) is 0. The largest absolute Gasteiger partial charge is 0.326 e. The summed E-state index contributed by atoms with van der Waals surface area (Å²) in [6, 6.07) is 7.25. The second-order valence-electron chi connectivity index (χ2n) is 3.30. The molecule has 3 N–H and O–H groups in total.